The first-order valence-corrected chi connectivity index (χ1v) is 5.19. The predicted octanol–water partition coefficient (Wildman–Crippen LogP) is 2.49. The minimum atomic E-state index is -0.473. The van der Waals surface area contributed by atoms with E-state index in [0.717, 1.165) is 0 Å². The molecule has 0 atom stereocenters. The van der Waals surface area contributed by atoms with Gasteiger partial charge in [0.2, 0.25) is 5.28 Å². The van der Waals surface area contributed by atoms with Gasteiger partial charge in [0.15, 0.2) is 0 Å². The van der Waals surface area contributed by atoms with Crippen LogP contribution in [0.3, 0.4) is 0 Å². The van der Waals surface area contributed by atoms with Crippen molar-refractivity contribution in [3.05, 3.63) is 38.1 Å². The van der Waals surface area contributed by atoms with Crippen molar-refractivity contribution in [2.45, 2.75) is 0 Å². The van der Waals surface area contributed by atoms with Crippen LogP contribution in [0.4, 0.5) is 4.39 Å². The molecule has 0 N–H and O–H groups in total. The summed E-state index contributed by atoms with van der Waals surface area (Å²) in [5, 5.41) is 0.365. The van der Waals surface area contributed by atoms with Crippen molar-refractivity contribution < 1.29 is 4.39 Å². The van der Waals surface area contributed by atoms with Gasteiger partial charge in [-0.05, 0) is 33.6 Å². The number of rotatable bonds is 0. The lowest BCUT2D eigenvalue weighted by Crippen LogP contribution is -2.18. The first-order chi connectivity index (χ1) is 7.00. The fourth-order valence-corrected chi connectivity index (χ4v) is 1.75. The third-order valence-corrected chi connectivity index (χ3v) is 3.01. The molecule has 0 spiro atoms. The Kier molecular flexibility index (Phi) is 2.52. The lowest BCUT2D eigenvalue weighted by atomic mass is 10.2. The van der Waals surface area contributed by atoms with Crippen LogP contribution < -0.4 is 5.56 Å². The highest BCUT2D eigenvalue weighted by atomic mass is 79.9. The Bertz CT molecular complexity index is 606. The van der Waals surface area contributed by atoms with Crippen molar-refractivity contribution in [3.8, 4) is 0 Å². The molecule has 0 aliphatic rings. The van der Waals surface area contributed by atoms with Gasteiger partial charge in [0.25, 0.3) is 5.56 Å². The van der Waals surface area contributed by atoms with Crippen LogP contribution in [0, 0.1) is 5.82 Å². The Morgan fingerprint density at radius 3 is 2.87 bits per heavy atom. The maximum atomic E-state index is 13.2. The third-order valence-electron chi connectivity index (χ3n) is 2.06. The van der Waals surface area contributed by atoms with Gasteiger partial charge >= 0.3 is 0 Å². The van der Waals surface area contributed by atoms with Crippen molar-refractivity contribution in [3.63, 3.8) is 0 Å². The van der Waals surface area contributed by atoms with Crippen LogP contribution >= 0.6 is 27.5 Å². The second-order valence-corrected chi connectivity index (χ2v) is 4.22. The van der Waals surface area contributed by atoms with Gasteiger partial charge in [-0.15, -0.1) is 0 Å². The normalized spacial score (nSPS) is 10.9. The van der Waals surface area contributed by atoms with Gasteiger partial charge in [0.05, 0.1) is 15.4 Å². The van der Waals surface area contributed by atoms with E-state index in [9.17, 15) is 9.18 Å². The van der Waals surface area contributed by atoms with Crippen LogP contribution in [0.15, 0.2) is 21.4 Å². The molecule has 0 unspecified atom stereocenters. The first kappa shape index (κ1) is 10.6. The molecule has 2 aromatic rings. The number of nitrogens with zero attached hydrogens (tertiary/aromatic N) is 2. The molecule has 1 aromatic heterocycles. The summed E-state index contributed by atoms with van der Waals surface area (Å²) in [6, 6.07) is 2.57. The summed E-state index contributed by atoms with van der Waals surface area (Å²) in [5.74, 6) is -0.473. The van der Waals surface area contributed by atoms with E-state index >= 15 is 0 Å². The average molecular weight is 292 g/mol. The van der Waals surface area contributed by atoms with E-state index in [2.05, 4.69) is 20.9 Å². The summed E-state index contributed by atoms with van der Waals surface area (Å²) in [5.41, 5.74) is -0.0468. The highest BCUT2D eigenvalue weighted by Crippen LogP contribution is 2.20. The smallest absolute Gasteiger partial charge is 0.262 e. The molecule has 3 nitrogen and oxygen atoms in total. The third kappa shape index (κ3) is 1.66. The van der Waals surface area contributed by atoms with Gasteiger partial charge < -0.3 is 0 Å². The van der Waals surface area contributed by atoms with E-state index in [4.69, 9.17) is 11.6 Å². The standard InChI is InChI=1S/C9H5BrClFN2O/c1-14-8(15)4-2-5(10)6(12)3-7(4)13-9(14)11/h2-3H,1H3. The van der Waals surface area contributed by atoms with Crippen LogP contribution in [-0.4, -0.2) is 9.55 Å². The summed E-state index contributed by atoms with van der Waals surface area (Å²) in [7, 11) is 1.51. The molecular formula is C9H5BrClFN2O. The second-order valence-electron chi connectivity index (χ2n) is 3.03. The Morgan fingerprint density at radius 1 is 1.53 bits per heavy atom. The summed E-state index contributed by atoms with van der Waals surface area (Å²) in [4.78, 5) is 15.6. The molecule has 0 aliphatic carbocycles. The van der Waals surface area contributed by atoms with Crippen LogP contribution in [-0.2, 0) is 7.05 Å². The Labute approximate surface area is 97.6 Å². The van der Waals surface area contributed by atoms with Crippen molar-refractivity contribution in [2.24, 2.45) is 7.05 Å². The lowest BCUT2D eigenvalue weighted by molar-refractivity contribution is 0.622. The van der Waals surface area contributed by atoms with E-state index in [0.29, 0.717) is 5.39 Å². The van der Waals surface area contributed by atoms with E-state index in [1.165, 1.54) is 23.7 Å². The number of aromatic nitrogens is 2. The molecule has 6 heteroatoms. The van der Waals surface area contributed by atoms with E-state index in [-0.39, 0.29) is 20.8 Å². The topological polar surface area (TPSA) is 34.9 Å². The molecule has 0 bridgehead atoms. The lowest BCUT2D eigenvalue weighted by Gasteiger charge is -2.04. The fraction of sp³-hybridized carbons (Fsp3) is 0.111. The highest BCUT2D eigenvalue weighted by Gasteiger charge is 2.09. The first-order valence-electron chi connectivity index (χ1n) is 4.02. The number of hydrogen-bond donors (Lipinski definition) is 0. The molecule has 0 saturated heterocycles. The summed E-state index contributed by atoms with van der Waals surface area (Å²) >= 11 is 8.71. The summed E-state index contributed by atoms with van der Waals surface area (Å²) in [6.45, 7) is 0. The van der Waals surface area contributed by atoms with Crippen LogP contribution in [0.5, 0.6) is 0 Å². The Morgan fingerprint density at radius 2 is 2.20 bits per heavy atom. The minimum Gasteiger partial charge on any atom is -0.286 e. The average Bonchev–Trinajstić information content (AvgIpc) is 2.19. The van der Waals surface area contributed by atoms with Gasteiger partial charge in [-0.2, -0.15) is 0 Å². The number of benzene rings is 1. The fourth-order valence-electron chi connectivity index (χ4n) is 1.24. The van der Waals surface area contributed by atoms with Crippen molar-refractivity contribution in [1.29, 1.82) is 0 Å². The molecule has 0 fully saturated rings. The molecule has 1 heterocycles. The van der Waals surface area contributed by atoms with Crippen molar-refractivity contribution in [1.82, 2.24) is 9.55 Å². The zero-order valence-corrected chi connectivity index (χ0v) is 9.93. The largest absolute Gasteiger partial charge is 0.286 e. The minimum absolute atomic E-state index is 0.0363. The summed E-state index contributed by atoms with van der Waals surface area (Å²) in [6.07, 6.45) is 0. The second kappa shape index (κ2) is 3.57. The van der Waals surface area contributed by atoms with Crippen molar-refractivity contribution >= 4 is 38.4 Å². The Hall–Kier alpha value is -0.940. The number of fused-ring (bicyclic) bond motifs is 1. The monoisotopic (exact) mass is 290 g/mol. The van der Waals surface area contributed by atoms with Crippen LogP contribution in [0.1, 0.15) is 0 Å². The van der Waals surface area contributed by atoms with Gasteiger partial charge in [-0.1, -0.05) is 0 Å². The van der Waals surface area contributed by atoms with E-state index < -0.39 is 5.82 Å². The molecule has 15 heavy (non-hydrogen) atoms. The molecule has 1 aromatic carbocycles. The maximum Gasteiger partial charge on any atom is 0.262 e. The van der Waals surface area contributed by atoms with Crippen LogP contribution in [0.2, 0.25) is 5.28 Å². The zero-order chi connectivity index (χ0) is 11.2. The number of hydrogen-bond acceptors (Lipinski definition) is 2. The molecule has 0 aliphatic heterocycles. The van der Waals surface area contributed by atoms with Crippen molar-refractivity contribution in [2.75, 3.05) is 0 Å². The Balaban J connectivity index is 3.00. The van der Waals surface area contributed by atoms with E-state index in [1.54, 1.807) is 0 Å². The molecular weight excluding hydrogens is 286 g/mol. The zero-order valence-electron chi connectivity index (χ0n) is 7.59. The van der Waals surface area contributed by atoms with Gasteiger partial charge in [-0.3, -0.25) is 9.36 Å². The SMILES string of the molecule is Cn1c(Cl)nc2cc(F)c(Br)cc2c1=O. The quantitative estimate of drug-likeness (QED) is 0.699. The molecule has 0 amide bonds. The van der Waals surface area contributed by atoms with Gasteiger partial charge in [0.1, 0.15) is 5.82 Å². The molecule has 0 radical (unpaired) electrons. The van der Waals surface area contributed by atoms with Gasteiger partial charge in [-0.25, -0.2) is 9.37 Å². The van der Waals surface area contributed by atoms with Crippen LogP contribution in [0.25, 0.3) is 10.9 Å². The van der Waals surface area contributed by atoms with Gasteiger partial charge in [0, 0.05) is 13.1 Å². The maximum absolute atomic E-state index is 13.2. The van der Waals surface area contributed by atoms with E-state index in [1.807, 2.05) is 0 Å². The molecule has 0 saturated carbocycles. The highest BCUT2D eigenvalue weighted by molar-refractivity contribution is 9.10. The molecule has 2 rings (SSSR count). The summed E-state index contributed by atoms with van der Waals surface area (Å²) < 4.78 is 14.6. The predicted molar refractivity (Wildman–Crippen MR) is 59.7 cm³/mol. The molecule has 78 valence electrons. The number of halogens is 3.